The zero-order valence-electron chi connectivity index (χ0n) is 11.6. The lowest BCUT2D eigenvalue weighted by atomic mass is 10.0. The number of thiophene rings is 1. The summed E-state index contributed by atoms with van der Waals surface area (Å²) in [4.78, 5) is 0. The van der Waals surface area contributed by atoms with E-state index in [9.17, 15) is 0 Å². The molecule has 0 aliphatic heterocycles. The van der Waals surface area contributed by atoms with Crippen LogP contribution in [-0.4, -0.2) is 11.7 Å². The molecule has 0 aromatic carbocycles. The third kappa shape index (κ3) is 8.71. The maximum absolute atomic E-state index is 8.66. The number of rotatable bonds is 12. The summed E-state index contributed by atoms with van der Waals surface area (Å²) < 4.78 is 0. The molecule has 0 aliphatic carbocycles. The number of aryl methyl sites for hydroxylation is 1. The van der Waals surface area contributed by atoms with Gasteiger partial charge in [-0.05, 0) is 41.7 Å². The largest absolute Gasteiger partial charge is 0.396 e. The predicted molar refractivity (Wildman–Crippen MR) is 81.3 cm³/mol. The Balaban J connectivity index is 1.73. The molecular formula is C16H28OS. The van der Waals surface area contributed by atoms with Crippen molar-refractivity contribution in [3.8, 4) is 0 Å². The fraction of sp³-hybridized carbons (Fsp3) is 0.750. The van der Waals surface area contributed by atoms with Gasteiger partial charge in [0.05, 0.1) is 0 Å². The molecule has 0 saturated carbocycles. The van der Waals surface area contributed by atoms with Crippen LogP contribution in [0.3, 0.4) is 0 Å². The van der Waals surface area contributed by atoms with Crippen molar-refractivity contribution in [3.63, 3.8) is 0 Å². The highest BCUT2D eigenvalue weighted by atomic mass is 32.1. The minimum Gasteiger partial charge on any atom is -0.396 e. The van der Waals surface area contributed by atoms with E-state index in [1.807, 2.05) is 0 Å². The highest BCUT2D eigenvalue weighted by Crippen LogP contribution is 2.13. The highest BCUT2D eigenvalue weighted by Gasteiger charge is 1.95. The van der Waals surface area contributed by atoms with Crippen molar-refractivity contribution in [1.82, 2.24) is 0 Å². The van der Waals surface area contributed by atoms with E-state index in [1.54, 1.807) is 11.3 Å². The first-order chi connectivity index (χ1) is 8.93. The summed E-state index contributed by atoms with van der Waals surface area (Å²) in [5.74, 6) is 0. The van der Waals surface area contributed by atoms with Crippen LogP contribution in [-0.2, 0) is 6.42 Å². The lowest BCUT2D eigenvalue weighted by molar-refractivity contribution is 0.282. The van der Waals surface area contributed by atoms with Crippen LogP contribution < -0.4 is 0 Å². The van der Waals surface area contributed by atoms with Crippen LogP contribution in [0.1, 0.15) is 69.8 Å². The van der Waals surface area contributed by atoms with E-state index >= 15 is 0 Å². The molecule has 0 atom stereocenters. The molecule has 0 amide bonds. The SMILES string of the molecule is OCCCCCCCCCCCCc1ccsc1. The first-order valence-corrected chi connectivity index (χ1v) is 8.49. The van der Waals surface area contributed by atoms with E-state index in [1.165, 1.54) is 69.8 Å². The van der Waals surface area contributed by atoms with E-state index in [0.29, 0.717) is 6.61 Å². The van der Waals surface area contributed by atoms with Gasteiger partial charge in [0.1, 0.15) is 0 Å². The molecule has 1 heterocycles. The molecular weight excluding hydrogens is 240 g/mol. The summed E-state index contributed by atoms with van der Waals surface area (Å²) in [6, 6.07) is 2.25. The normalized spacial score (nSPS) is 10.9. The van der Waals surface area contributed by atoms with Crippen molar-refractivity contribution < 1.29 is 5.11 Å². The van der Waals surface area contributed by atoms with Crippen LogP contribution in [0, 0.1) is 0 Å². The Kier molecular flexibility index (Phi) is 10.2. The van der Waals surface area contributed by atoms with Crippen molar-refractivity contribution in [2.75, 3.05) is 6.61 Å². The third-order valence-corrected chi connectivity index (χ3v) is 4.19. The van der Waals surface area contributed by atoms with Crippen LogP contribution >= 0.6 is 11.3 Å². The first kappa shape index (κ1) is 15.7. The van der Waals surface area contributed by atoms with Crippen LogP contribution in [0.2, 0.25) is 0 Å². The predicted octanol–water partition coefficient (Wildman–Crippen LogP) is 5.18. The van der Waals surface area contributed by atoms with Gasteiger partial charge in [0, 0.05) is 6.61 Å². The van der Waals surface area contributed by atoms with Crippen molar-refractivity contribution in [1.29, 1.82) is 0 Å². The van der Waals surface area contributed by atoms with E-state index in [2.05, 4.69) is 16.8 Å². The topological polar surface area (TPSA) is 20.2 Å². The number of unbranched alkanes of at least 4 members (excludes halogenated alkanes) is 9. The Bertz CT molecular complexity index is 256. The average molecular weight is 268 g/mol. The maximum Gasteiger partial charge on any atom is 0.0431 e. The smallest absolute Gasteiger partial charge is 0.0431 e. The van der Waals surface area contributed by atoms with Crippen LogP contribution in [0.4, 0.5) is 0 Å². The van der Waals surface area contributed by atoms with Gasteiger partial charge < -0.3 is 5.11 Å². The Morgan fingerprint density at radius 1 is 0.778 bits per heavy atom. The molecule has 2 heteroatoms. The van der Waals surface area contributed by atoms with Gasteiger partial charge in [-0.2, -0.15) is 11.3 Å². The van der Waals surface area contributed by atoms with Crippen molar-refractivity contribution in [2.45, 2.75) is 70.6 Å². The Labute approximate surface area is 116 Å². The van der Waals surface area contributed by atoms with Gasteiger partial charge in [0.15, 0.2) is 0 Å². The van der Waals surface area contributed by atoms with Gasteiger partial charge in [0.25, 0.3) is 0 Å². The lowest BCUT2D eigenvalue weighted by Gasteiger charge is -2.02. The van der Waals surface area contributed by atoms with Crippen LogP contribution in [0.15, 0.2) is 16.8 Å². The molecule has 1 N–H and O–H groups in total. The van der Waals surface area contributed by atoms with Gasteiger partial charge in [0.2, 0.25) is 0 Å². The molecule has 0 radical (unpaired) electrons. The third-order valence-electron chi connectivity index (χ3n) is 3.45. The first-order valence-electron chi connectivity index (χ1n) is 7.55. The molecule has 0 saturated heterocycles. The Hall–Kier alpha value is -0.340. The monoisotopic (exact) mass is 268 g/mol. The van der Waals surface area contributed by atoms with Crippen molar-refractivity contribution in [3.05, 3.63) is 22.4 Å². The molecule has 104 valence electrons. The molecule has 1 rings (SSSR count). The number of hydrogen-bond acceptors (Lipinski definition) is 2. The molecule has 1 aromatic rings. The molecule has 0 spiro atoms. The highest BCUT2D eigenvalue weighted by molar-refractivity contribution is 7.07. The second kappa shape index (κ2) is 11.7. The van der Waals surface area contributed by atoms with E-state index in [0.717, 1.165) is 6.42 Å². The minimum absolute atomic E-state index is 0.365. The summed E-state index contributed by atoms with van der Waals surface area (Å²) in [5, 5.41) is 13.1. The van der Waals surface area contributed by atoms with Crippen LogP contribution in [0.5, 0.6) is 0 Å². The zero-order valence-corrected chi connectivity index (χ0v) is 12.4. The quantitative estimate of drug-likeness (QED) is 0.518. The fourth-order valence-electron chi connectivity index (χ4n) is 2.29. The maximum atomic E-state index is 8.66. The summed E-state index contributed by atoms with van der Waals surface area (Å²) in [6.07, 6.45) is 14.5. The zero-order chi connectivity index (χ0) is 12.9. The van der Waals surface area contributed by atoms with Crippen molar-refractivity contribution >= 4 is 11.3 Å². The second-order valence-corrected chi connectivity index (χ2v) is 5.92. The van der Waals surface area contributed by atoms with Gasteiger partial charge in [-0.15, -0.1) is 0 Å². The number of hydrogen-bond donors (Lipinski definition) is 1. The summed E-state index contributed by atoms with van der Waals surface area (Å²) in [6.45, 7) is 0.365. The average Bonchev–Trinajstić information content (AvgIpc) is 2.89. The van der Waals surface area contributed by atoms with Crippen LogP contribution in [0.25, 0.3) is 0 Å². The van der Waals surface area contributed by atoms with Gasteiger partial charge in [-0.3, -0.25) is 0 Å². The van der Waals surface area contributed by atoms with Gasteiger partial charge in [-0.1, -0.05) is 51.4 Å². The lowest BCUT2D eigenvalue weighted by Crippen LogP contribution is -1.85. The summed E-state index contributed by atoms with van der Waals surface area (Å²) >= 11 is 1.81. The van der Waals surface area contributed by atoms with Crippen molar-refractivity contribution in [2.24, 2.45) is 0 Å². The van der Waals surface area contributed by atoms with E-state index < -0.39 is 0 Å². The molecule has 1 aromatic heterocycles. The summed E-state index contributed by atoms with van der Waals surface area (Å²) in [5.41, 5.74) is 1.52. The van der Waals surface area contributed by atoms with E-state index in [4.69, 9.17) is 5.11 Å². The molecule has 0 unspecified atom stereocenters. The molecule has 0 bridgehead atoms. The minimum atomic E-state index is 0.365. The Morgan fingerprint density at radius 2 is 1.33 bits per heavy atom. The van der Waals surface area contributed by atoms with Gasteiger partial charge in [-0.25, -0.2) is 0 Å². The second-order valence-electron chi connectivity index (χ2n) is 5.14. The molecule has 0 fully saturated rings. The molecule has 0 aliphatic rings. The van der Waals surface area contributed by atoms with E-state index in [-0.39, 0.29) is 0 Å². The standard InChI is InChI=1S/C16H28OS/c17-13-10-8-6-4-2-1-3-5-7-9-11-16-12-14-18-15-16/h12,14-15,17H,1-11,13H2. The summed E-state index contributed by atoms with van der Waals surface area (Å²) in [7, 11) is 0. The molecule has 1 nitrogen and oxygen atoms in total. The number of aliphatic hydroxyl groups is 1. The fourth-order valence-corrected chi connectivity index (χ4v) is 2.99. The Morgan fingerprint density at radius 3 is 1.83 bits per heavy atom. The molecule has 18 heavy (non-hydrogen) atoms. The van der Waals surface area contributed by atoms with Gasteiger partial charge >= 0.3 is 0 Å². The number of aliphatic hydroxyl groups excluding tert-OH is 1.